The molecule has 0 aliphatic carbocycles. The monoisotopic (exact) mass is 368 g/mol. The summed E-state index contributed by atoms with van der Waals surface area (Å²) in [6.45, 7) is 5.90. The Morgan fingerprint density at radius 2 is 2.00 bits per heavy atom. The molecule has 0 saturated heterocycles. The fraction of sp³-hybridized carbons (Fsp3) is 0.417. The predicted molar refractivity (Wildman–Crippen MR) is 82.6 cm³/mol. The molecule has 0 aliphatic rings. The van der Waals surface area contributed by atoms with Gasteiger partial charge in [-0.3, -0.25) is 4.79 Å². The van der Waals surface area contributed by atoms with Crippen molar-refractivity contribution in [2.75, 3.05) is 5.32 Å². The van der Waals surface area contributed by atoms with Crippen molar-refractivity contribution in [2.24, 2.45) is 11.7 Å². The van der Waals surface area contributed by atoms with Crippen molar-refractivity contribution in [3.63, 3.8) is 0 Å². The largest absolute Gasteiger partial charge is 0.325 e. The van der Waals surface area contributed by atoms with Gasteiger partial charge in [-0.1, -0.05) is 19.9 Å². The molecule has 96 valence electrons. The summed E-state index contributed by atoms with van der Waals surface area (Å²) in [5.41, 5.74) is 7.76. The predicted octanol–water partition coefficient (Wildman–Crippen LogP) is 2.94. The number of carbonyl (C=O) groups is 1. The normalized spacial score (nSPS) is 11.9. The van der Waals surface area contributed by atoms with Crippen LogP contribution in [0.25, 0.3) is 0 Å². The van der Waals surface area contributed by atoms with Crippen LogP contribution in [0.15, 0.2) is 18.2 Å². The first-order valence-electron chi connectivity index (χ1n) is 5.24. The lowest BCUT2D eigenvalue weighted by Crippen LogP contribution is -2.39. The summed E-state index contributed by atoms with van der Waals surface area (Å²) < 4.78 is 1.13. The Kier molecular flexibility index (Phi) is 7.04. The first-order chi connectivity index (χ1) is 7.41. The maximum Gasteiger partial charge on any atom is 0.241 e. The van der Waals surface area contributed by atoms with Crippen LogP contribution in [0.1, 0.15) is 19.4 Å². The average molecular weight is 369 g/mol. The Morgan fingerprint density at radius 1 is 1.41 bits per heavy atom. The van der Waals surface area contributed by atoms with E-state index in [0.29, 0.717) is 0 Å². The first-order valence-corrected chi connectivity index (χ1v) is 6.32. The summed E-state index contributed by atoms with van der Waals surface area (Å²) in [5, 5.41) is 2.82. The Labute approximate surface area is 122 Å². The molecule has 1 aromatic carbocycles. The Morgan fingerprint density at radius 3 is 2.47 bits per heavy atom. The van der Waals surface area contributed by atoms with Gasteiger partial charge in [0.15, 0.2) is 0 Å². The molecular weight excluding hydrogens is 351 g/mol. The van der Waals surface area contributed by atoms with Crippen LogP contribution in [-0.2, 0) is 4.79 Å². The van der Waals surface area contributed by atoms with Gasteiger partial charge in [0.1, 0.15) is 0 Å². The summed E-state index contributed by atoms with van der Waals surface area (Å²) in [5.74, 6) is 0.0131. The molecule has 0 bridgehead atoms. The summed E-state index contributed by atoms with van der Waals surface area (Å²) >= 11 is 2.24. The molecule has 3 N–H and O–H groups in total. The van der Waals surface area contributed by atoms with E-state index in [-0.39, 0.29) is 24.2 Å². The van der Waals surface area contributed by atoms with Crippen LogP contribution in [-0.4, -0.2) is 11.9 Å². The number of aryl methyl sites for hydroxylation is 1. The van der Waals surface area contributed by atoms with Gasteiger partial charge in [-0.15, -0.1) is 12.4 Å². The van der Waals surface area contributed by atoms with Gasteiger partial charge in [-0.25, -0.2) is 0 Å². The standard InChI is InChI=1S/C12H17IN2O.ClH/c1-7(2)11(14)12(16)15-9-5-4-8(3)10(13)6-9;/h4-7,11H,14H2,1-3H3,(H,15,16);1H. The summed E-state index contributed by atoms with van der Waals surface area (Å²) in [4.78, 5) is 11.7. The third kappa shape index (κ3) is 4.81. The van der Waals surface area contributed by atoms with E-state index >= 15 is 0 Å². The molecule has 5 heteroatoms. The fourth-order valence-corrected chi connectivity index (χ4v) is 1.71. The average Bonchev–Trinajstić information content (AvgIpc) is 2.22. The second-order valence-electron chi connectivity index (χ2n) is 4.22. The van der Waals surface area contributed by atoms with E-state index in [1.165, 1.54) is 5.56 Å². The van der Waals surface area contributed by atoms with E-state index in [1.54, 1.807) is 0 Å². The van der Waals surface area contributed by atoms with Gasteiger partial charge in [0.05, 0.1) is 6.04 Å². The molecule has 1 atom stereocenters. The zero-order valence-electron chi connectivity index (χ0n) is 10.2. The highest BCUT2D eigenvalue weighted by Crippen LogP contribution is 2.17. The minimum atomic E-state index is -0.459. The number of hydrogen-bond acceptors (Lipinski definition) is 2. The maximum absolute atomic E-state index is 11.7. The quantitative estimate of drug-likeness (QED) is 0.806. The van der Waals surface area contributed by atoms with E-state index in [4.69, 9.17) is 5.73 Å². The fourth-order valence-electron chi connectivity index (χ4n) is 1.20. The molecule has 0 radical (unpaired) electrons. The molecule has 0 saturated carbocycles. The molecule has 1 amide bonds. The van der Waals surface area contributed by atoms with Crippen molar-refractivity contribution in [1.29, 1.82) is 0 Å². The SMILES string of the molecule is Cc1ccc(NC(=O)C(N)C(C)C)cc1I.Cl. The van der Waals surface area contributed by atoms with Crippen LogP contribution in [0.2, 0.25) is 0 Å². The van der Waals surface area contributed by atoms with E-state index in [2.05, 4.69) is 27.9 Å². The summed E-state index contributed by atoms with van der Waals surface area (Å²) in [7, 11) is 0. The van der Waals surface area contributed by atoms with Crippen molar-refractivity contribution < 1.29 is 4.79 Å². The maximum atomic E-state index is 11.7. The van der Waals surface area contributed by atoms with Crippen molar-refractivity contribution >= 4 is 46.6 Å². The number of nitrogens with one attached hydrogen (secondary N) is 1. The number of hydrogen-bond donors (Lipinski definition) is 2. The number of anilines is 1. The molecule has 3 nitrogen and oxygen atoms in total. The van der Waals surface area contributed by atoms with Gasteiger partial charge in [-0.2, -0.15) is 0 Å². The van der Waals surface area contributed by atoms with Crippen LogP contribution in [0.3, 0.4) is 0 Å². The molecular formula is C12H18ClIN2O. The second kappa shape index (κ2) is 7.18. The van der Waals surface area contributed by atoms with E-state index in [1.807, 2.05) is 39.0 Å². The van der Waals surface area contributed by atoms with E-state index in [0.717, 1.165) is 9.26 Å². The van der Waals surface area contributed by atoms with E-state index < -0.39 is 6.04 Å². The molecule has 0 fully saturated rings. The van der Waals surface area contributed by atoms with Gasteiger partial charge in [0, 0.05) is 9.26 Å². The van der Waals surface area contributed by atoms with Crippen LogP contribution in [0.4, 0.5) is 5.69 Å². The molecule has 1 unspecified atom stereocenters. The van der Waals surface area contributed by atoms with Crippen LogP contribution in [0.5, 0.6) is 0 Å². The number of carbonyl (C=O) groups excluding carboxylic acids is 1. The Hall–Kier alpha value is -0.330. The molecule has 1 rings (SSSR count). The Balaban J connectivity index is 0.00000256. The van der Waals surface area contributed by atoms with Gasteiger partial charge in [-0.05, 0) is 53.1 Å². The highest BCUT2D eigenvalue weighted by molar-refractivity contribution is 14.1. The topological polar surface area (TPSA) is 55.1 Å². The lowest BCUT2D eigenvalue weighted by Gasteiger charge is -2.15. The van der Waals surface area contributed by atoms with Gasteiger partial charge < -0.3 is 11.1 Å². The van der Waals surface area contributed by atoms with Crippen molar-refractivity contribution in [1.82, 2.24) is 0 Å². The lowest BCUT2D eigenvalue weighted by atomic mass is 10.0. The van der Waals surface area contributed by atoms with Crippen LogP contribution in [0, 0.1) is 16.4 Å². The lowest BCUT2D eigenvalue weighted by molar-refractivity contribution is -0.118. The highest BCUT2D eigenvalue weighted by atomic mass is 127. The van der Waals surface area contributed by atoms with Crippen LogP contribution >= 0.6 is 35.0 Å². The third-order valence-corrected chi connectivity index (χ3v) is 3.62. The Bertz CT molecular complexity index is 396. The van der Waals surface area contributed by atoms with Crippen LogP contribution < -0.4 is 11.1 Å². The minimum absolute atomic E-state index is 0. The molecule has 0 heterocycles. The molecule has 0 aromatic heterocycles. The third-order valence-electron chi connectivity index (χ3n) is 2.46. The molecule has 0 aliphatic heterocycles. The van der Waals surface area contributed by atoms with E-state index in [9.17, 15) is 4.79 Å². The molecule has 17 heavy (non-hydrogen) atoms. The summed E-state index contributed by atoms with van der Waals surface area (Å²) in [6.07, 6.45) is 0. The number of amides is 1. The highest BCUT2D eigenvalue weighted by Gasteiger charge is 2.17. The van der Waals surface area contributed by atoms with Gasteiger partial charge >= 0.3 is 0 Å². The summed E-state index contributed by atoms with van der Waals surface area (Å²) in [6, 6.07) is 5.36. The van der Waals surface area contributed by atoms with Gasteiger partial charge in [0.25, 0.3) is 0 Å². The smallest absolute Gasteiger partial charge is 0.241 e. The molecule has 0 spiro atoms. The number of rotatable bonds is 3. The first kappa shape index (κ1) is 16.7. The second-order valence-corrected chi connectivity index (χ2v) is 5.39. The number of halogens is 2. The number of benzene rings is 1. The van der Waals surface area contributed by atoms with Crippen molar-refractivity contribution in [2.45, 2.75) is 26.8 Å². The zero-order valence-corrected chi connectivity index (χ0v) is 13.1. The van der Waals surface area contributed by atoms with Crippen molar-refractivity contribution in [3.8, 4) is 0 Å². The molecule has 1 aromatic rings. The minimum Gasteiger partial charge on any atom is -0.325 e. The number of nitrogens with two attached hydrogens (primary N) is 1. The van der Waals surface area contributed by atoms with Gasteiger partial charge in [0.2, 0.25) is 5.91 Å². The zero-order chi connectivity index (χ0) is 12.3. The van der Waals surface area contributed by atoms with Crippen molar-refractivity contribution in [3.05, 3.63) is 27.3 Å².